The van der Waals surface area contributed by atoms with Crippen molar-refractivity contribution in [3.8, 4) is 16.9 Å². The van der Waals surface area contributed by atoms with Crippen LogP contribution in [0.3, 0.4) is 0 Å². The van der Waals surface area contributed by atoms with Gasteiger partial charge in [-0.05, 0) is 23.8 Å². The minimum absolute atomic E-state index is 0.577. The van der Waals surface area contributed by atoms with E-state index in [9.17, 15) is 0 Å². The van der Waals surface area contributed by atoms with Gasteiger partial charge in [-0.2, -0.15) is 0 Å². The van der Waals surface area contributed by atoms with E-state index in [0.717, 1.165) is 16.9 Å². The molecule has 0 amide bonds. The fourth-order valence-electron chi connectivity index (χ4n) is 2.39. The number of para-hydroxylation sites is 1. The SMILES string of the molecule is NC12ON1C=CC=C2Oc1ccccc1-c1ccccc1. The summed E-state index contributed by atoms with van der Waals surface area (Å²) < 4.78 is 6.02. The summed E-state index contributed by atoms with van der Waals surface area (Å²) in [7, 11) is 0. The van der Waals surface area contributed by atoms with Crippen LogP contribution in [0.2, 0.25) is 0 Å². The van der Waals surface area contributed by atoms with Crippen molar-refractivity contribution in [2.24, 2.45) is 5.73 Å². The number of rotatable bonds is 3. The monoisotopic (exact) mass is 278 g/mol. The molecular formula is C17H14N2O2. The highest BCUT2D eigenvalue weighted by Crippen LogP contribution is 2.41. The number of hydrogen-bond donors (Lipinski definition) is 1. The molecule has 2 aliphatic rings. The van der Waals surface area contributed by atoms with E-state index in [0.29, 0.717) is 5.76 Å². The summed E-state index contributed by atoms with van der Waals surface area (Å²) in [6.45, 7) is 0. The lowest BCUT2D eigenvalue weighted by Gasteiger charge is -2.16. The van der Waals surface area contributed by atoms with Gasteiger partial charge >= 0.3 is 5.85 Å². The van der Waals surface area contributed by atoms with E-state index in [1.165, 1.54) is 0 Å². The van der Waals surface area contributed by atoms with Crippen LogP contribution < -0.4 is 10.5 Å². The average molecular weight is 278 g/mol. The number of benzene rings is 2. The Bertz CT molecular complexity index is 739. The van der Waals surface area contributed by atoms with E-state index < -0.39 is 5.85 Å². The molecule has 1 fully saturated rings. The van der Waals surface area contributed by atoms with Crippen molar-refractivity contribution in [3.05, 3.63) is 78.7 Å². The van der Waals surface area contributed by atoms with E-state index in [-0.39, 0.29) is 0 Å². The van der Waals surface area contributed by atoms with Crippen molar-refractivity contribution in [2.75, 3.05) is 0 Å². The fraction of sp³-hybridized carbons (Fsp3) is 0.0588. The normalized spacial score (nSPS) is 22.5. The average Bonchev–Trinajstić information content (AvgIpc) is 3.22. The molecule has 0 saturated carbocycles. The van der Waals surface area contributed by atoms with Gasteiger partial charge in [0.2, 0.25) is 0 Å². The number of hydroxylamine groups is 2. The smallest absolute Gasteiger partial charge is 0.301 e. The Kier molecular flexibility index (Phi) is 2.60. The third-order valence-electron chi connectivity index (χ3n) is 3.55. The van der Waals surface area contributed by atoms with Crippen molar-refractivity contribution >= 4 is 0 Å². The highest BCUT2D eigenvalue weighted by Gasteiger charge is 2.56. The van der Waals surface area contributed by atoms with Crippen molar-refractivity contribution < 1.29 is 9.57 Å². The number of allylic oxidation sites excluding steroid dienone is 2. The summed E-state index contributed by atoms with van der Waals surface area (Å²) in [6, 6.07) is 18.0. The van der Waals surface area contributed by atoms with Crippen LogP contribution in [0, 0.1) is 0 Å². The minimum atomic E-state index is -0.960. The lowest BCUT2D eigenvalue weighted by molar-refractivity contribution is 0.229. The molecule has 0 bridgehead atoms. The molecule has 4 heteroatoms. The van der Waals surface area contributed by atoms with Gasteiger partial charge in [-0.3, -0.25) is 5.73 Å². The van der Waals surface area contributed by atoms with Crippen molar-refractivity contribution in [2.45, 2.75) is 5.85 Å². The van der Waals surface area contributed by atoms with Gasteiger partial charge in [-0.1, -0.05) is 48.5 Å². The number of nitrogens with zero attached hydrogens (tertiary/aromatic N) is 1. The second-order valence-corrected chi connectivity index (χ2v) is 4.95. The number of nitrogens with two attached hydrogens (primary N) is 1. The van der Waals surface area contributed by atoms with Crippen LogP contribution in [0.5, 0.6) is 5.75 Å². The molecule has 1 saturated heterocycles. The highest BCUT2D eigenvalue weighted by molar-refractivity contribution is 5.70. The van der Waals surface area contributed by atoms with Gasteiger partial charge < -0.3 is 4.74 Å². The second-order valence-electron chi connectivity index (χ2n) is 4.95. The standard InChI is InChI=1S/C17H14N2O2/c18-17-16(11-6-12-19(17)21-17)20-15-10-5-4-9-14(15)13-7-2-1-3-8-13/h1-12H,18H2. The van der Waals surface area contributed by atoms with Crippen LogP contribution in [-0.4, -0.2) is 10.9 Å². The van der Waals surface area contributed by atoms with Crippen LogP contribution in [0.25, 0.3) is 11.1 Å². The van der Waals surface area contributed by atoms with E-state index in [4.69, 9.17) is 15.3 Å². The lowest BCUT2D eigenvalue weighted by atomic mass is 10.0. The Hall–Kier alpha value is -2.56. The predicted molar refractivity (Wildman–Crippen MR) is 79.6 cm³/mol. The van der Waals surface area contributed by atoms with Crippen LogP contribution in [0.1, 0.15) is 0 Å². The molecule has 0 aromatic heterocycles. The molecule has 104 valence electrons. The van der Waals surface area contributed by atoms with Gasteiger partial charge in [0.15, 0.2) is 5.76 Å². The first-order valence-electron chi connectivity index (χ1n) is 6.76. The van der Waals surface area contributed by atoms with Crippen LogP contribution in [-0.2, 0) is 4.84 Å². The molecule has 2 heterocycles. The maximum absolute atomic E-state index is 6.09. The Morgan fingerprint density at radius 3 is 2.62 bits per heavy atom. The minimum Gasteiger partial charge on any atom is -0.454 e. The molecule has 2 aliphatic heterocycles. The molecule has 0 aliphatic carbocycles. The first-order valence-corrected chi connectivity index (χ1v) is 6.76. The van der Waals surface area contributed by atoms with Gasteiger partial charge in [-0.15, -0.1) is 0 Å². The highest BCUT2D eigenvalue weighted by atomic mass is 16.9. The van der Waals surface area contributed by atoms with E-state index in [1.807, 2.05) is 54.6 Å². The predicted octanol–water partition coefficient (Wildman–Crippen LogP) is 3.00. The van der Waals surface area contributed by atoms with Crippen molar-refractivity contribution in [3.63, 3.8) is 0 Å². The molecule has 0 radical (unpaired) electrons. The first kappa shape index (κ1) is 12.2. The molecule has 4 nitrogen and oxygen atoms in total. The molecule has 1 unspecified atom stereocenters. The van der Waals surface area contributed by atoms with Gasteiger partial charge in [0, 0.05) is 11.8 Å². The zero-order valence-corrected chi connectivity index (χ0v) is 11.3. The van der Waals surface area contributed by atoms with Gasteiger partial charge in [-0.25, -0.2) is 9.90 Å². The van der Waals surface area contributed by atoms with Crippen LogP contribution in [0.15, 0.2) is 78.7 Å². The summed E-state index contributed by atoms with van der Waals surface area (Å²) >= 11 is 0. The second kappa shape index (κ2) is 4.48. The third-order valence-corrected chi connectivity index (χ3v) is 3.55. The van der Waals surface area contributed by atoms with Gasteiger partial charge in [0.05, 0.1) is 0 Å². The van der Waals surface area contributed by atoms with E-state index in [1.54, 1.807) is 11.3 Å². The molecule has 2 N–H and O–H groups in total. The van der Waals surface area contributed by atoms with Crippen molar-refractivity contribution in [1.82, 2.24) is 5.06 Å². The fourth-order valence-corrected chi connectivity index (χ4v) is 2.39. The van der Waals surface area contributed by atoms with E-state index in [2.05, 4.69) is 12.1 Å². The largest absolute Gasteiger partial charge is 0.454 e. The number of fused-ring (bicyclic) bond motifs is 1. The molecule has 1 atom stereocenters. The van der Waals surface area contributed by atoms with E-state index >= 15 is 0 Å². The summed E-state index contributed by atoms with van der Waals surface area (Å²) in [4.78, 5) is 5.33. The Morgan fingerprint density at radius 2 is 1.76 bits per heavy atom. The molecule has 2 aromatic rings. The molecule has 0 spiro atoms. The summed E-state index contributed by atoms with van der Waals surface area (Å²) in [5.74, 6) is 0.373. The molecule has 4 rings (SSSR count). The van der Waals surface area contributed by atoms with Gasteiger partial charge in [0.25, 0.3) is 0 Å². The number of ether oxygens (including phenoxy) is 1. The quantitative estimate of drug-likeness (QED) is 0.877. The Morgan fingerprint density at radius 1 is 1.00 bits per heavy atom. The summed E-state index contributed by atoms with van der Waals surface area (Å²) in [5.41, 5.74) is 8.21. The summed E-state index contributed by atoms with van der Waals surface area (Å²) in [6.07, 6.45) is 5.44. The molecule has 21 heavy (non-hydrogen) atoms. The summed E-state index contributed by atoms with van der Waals surface area (Å²) in [5, 5.41) is 1.56. The maximum atomic E-state index is 6.09. The van der Waals surface area contributed by atoms with Gasteiger partial charge in [0.1, 0.15) is 5.75 Å². The Labute approximate surface area is 122 Å². The third kappa shape index (κ3) is 2.01. The number of hydrogen-bond acceptors (Lipinski definition) is 4. The zero-order valence-electron chi connectivity index (χ0n) is 11.3. The lowest BCUT2D eigenvalue weighted by Crippen LogP contribution is -2.34. The zero-order chi connectivity index (χ0) is 14.3. The first-order chi connectivity index (χ1) is 10.3. The van der Waals surface area contributed by atoms with Crippen LogP contribution in [0.4, 0.5) is 0 Å². The van der Waals surface area contributed by atoms with Crippen molar-refractivity contribution in [1.29, 1.82) is 0 Å². The maximum Gasteiger partial charge on any atom is 0.301 e. The topological polar surface area (TPSA) is 50.8 Å². The van der Waals surface area contributed by atoms with Crippen LogP contribution >= 0.6 is 0 Å². The molecular weight excluding hydrogens is 264 g/mol. The molecule has 2 aromatic carbocycles. The Balaban J connectivity index is 1.71.